The van der Waals surface area contributed by atoms with E-state index in [1.54, 1.807) is 18.2 Å². The molecule has 0 saturated heterocycles. The van der Waals surface area contributed by atoms with Crippen molar-refractivity contribution in [3.8, 4) is 5.75 Å². The van der Waals surface area contributed by atoms with Crippen LogP contribution in [-0.2, 0) is 32.0 Å². The second kappa shape index (κ2) is 13.5. The molecule has 0 spiro atoms. The number of hydrogen-bond acceptors (Lipinski definition) is 6. The Kier molecular flexibility index (Phi) is 10.1. The number of hydrogen-bond donors (Lipinski definition) is 1. The topological polar surface area (TPSA) is 83.9 Å². The predicted molar refractivity (Wildman–Crippen MR) is 143 cm³/mol. The Morgan fingerprint density at radius 1 is 0.917 bits per heavy atom. The van der Waals surface area contributed by atoms with Crippen molar-refractivity contribution in [3.63, 3.8) is 0 Å². The lowest BCUT2D eigenvalue weighted by Gasteiger charge is -2.27. The first-order valence-corrected chi connectivity index (χ1v) is 12.8. The van der Waals surface area contributed by atoms with Crippen LogP contribution < -0.4 is 4.90 Å². The number of carbonyl (C=O) groups is 3. The van der Waals surface area contributed by atoms with Crippen LogP contribution >= 0.6 is 11.8 Å². The smallest absolute Gasteiger partial charge is 0.325 e. The highest BCUT2D eigenvalue weighted by Crippen LogP contribution is 2.25. The summed E-state index contributed by atoms with van der Waals surface area (Å²) in [6.07, 6.45) is 1.84. The molecule has 3 aromatic rings. The van der Waals surface area contributed by atoms with Crippen molar-refractivity contribution in [2.24, 2.45) is 5.92 Å². The fraction of sp³-hybridized carbons (Fsp3) is 0.276. The Morgan fingerprint density at radius 2 is 1.61 bits per heavy atom. The average molecular weight is 506 g/mol. The minimum absolute atomic E-state index is 0.0528. The molecule has 1 atom stereocenters. The molecule has 188 valence electrons. The molecule has 7 heteroatoms. The average Bonchev–Trinajstić information content (AvgIpc) is 2.88. The summed E-state index contributed by atoms with van der Waals surface area (Å²) in [5, 5.41) is 9.49. The second-order valence-electron chi connectivity index (χ2n) is 8.54. The molecular weight excluding hydrogens is 474 g/mol. The van der Waals surface area contributed by atoms with Crippen LogP contribution in [0, 0.1) is 5.92 Å². The van der Waals surface area contributed by atoms with Gasteiger partial charge in [-0.3, -0.25) is 14.4 Å². The zero-order chi connectivity index (χ0) is 25.9. The molecule has 0 bridgehead atoms. The van der Waals surface area contributed by atoms with Gasteiger partial charge in [-0.1, -0.05) is 66.4 Å². The van der Waals surface area contributed by atoms with Crippen molar-refractivity contribution >= 4 is 34.4 Å². The van der Waals surface area contributed by atoms with Gasteiger partial charge in [0.2, 0.25) is 5.91 Å². The van der Waals surface area contributed by atoms with Gasteiger partial charge in [0.05, 0.1) is 7.11 Å². The van der Waals surface area contributed by atoms with Crippen LogP contribution in [0.4, 0.5) is 5.69 Å². The van der Waals surface area contributed by atoms with Gasteiger partial charge in [0.1, 0.15) is 12.3 Å². The maximum absolute atomic E-state index is 13.8. The van der Waals surface area contributed by atoms with Gasteiger partial charge in [-0.25, -0.2) is 0 Å². The molecular formula is C29H31NO5S. The third kappa shape index (κ3) is 8.27. The van der Waals surface area contributed by atoms with E-state index in [0.29, 0.717) is 30.7 Å². The maximum atomic E-state index is 13.8. The summed E-state index contributed by atoms with van der Waals surface area (Å²) in [7, 11) is 1.30. The number of nitrogens with zero attached hydrogens (tertiary/aromatic N) is 1. The number of carbonyl (C=O) groups excluding carboxylic acids is 3. The Balaban J connectivity index is 1.86. The molecule has 3 rings (SSSR count). The van der Waals surface area contributed by atoms with E-state index >= 15 is 0 Å². The normalized spacial score (nSPS) is 11.5. The molecule has 0 heterocycles. The molecule has 0 saturated carbocycles. The van der Waals surface area contributed by atoms with E-state index in [4.69, 9.17) is 4.74 Å². The van der Waals surface area contributed by atoms with Crippen LogP contribution in [0.2, 0.25) is 0 Å². The van der Waals surface area contributed by atoms with Crippen molar-refractivity contribution < 1.29 is 24.2 Å². The number of phenolic OH excluding ortho intramolecular Hbond substituents is 1. The van der Waals surface area contributed by atoms with Crippen LogP contribution in [0.3, 0.4) is 0 Å². The van der Waals surface area contributed by atoms with Gasteiger partial charge in [0, 0.05) is 24.3 Å². The van der Waals surface area contributed by atoms with Crippen molar-refractivity contribution in [2.75, 3.05) is 24.3 Å². The van der Waals surface area contributed by atoms with E-state index in [1.165, 1.54) is 18.9 Å². The Labute approximate surface area is 216 Å². The van der Waals surface area contributed by atoms with Gasteiger partial charge in [-0.15, -0.1) is 0 Å². The van der Waals surface area contributed by atoms with E-state index < -0.39 is 11.9 Å². The van der Waals surface area contributed by atoms with Crippen LogP contribution in [0.5, 0.6) is 5.75 Å². The quantitative estimate of drug-likeness (QED) is 0.369. The van der Waals surface area contributed by atoms with Crippen molar-refractivity contribution in [3.05, 3.63) is 95.6 Å². The van der Waals surface area contributed by atoms with E-state index in [0.717, 1.165) is 28.5 Å². The molecule has 6 nitrogen and oxygen atoms in total. The molecule has 3 aromatic carbocycles. The van der Waals surface area contributed by atoms with Gasteiger partial charge in [0.15, 0.2) is 5.12 Å². The summed E-state index contributed by atoms with van der Waals surface area (Å²) < 4.78 is 4.88. The molecule has 0 aromatic heterocycles. The maximum Gasteiger partial charge on any atom is 0.325 e. The second-order valence-corrected chi connectivity index (χ2v) is 9.73. The SMILES string of the molecule is COC(=O)CN(C(=O)C(CCc1ccccc1)CSC(C)=O)c1cccc(Cc2ccc(O)cc2)c1. The zero-order valence-corrected chi connectivity index (χ0v) is 21.4. The number of rotatable bonds is 11. The van der Waals surface area contributed by atoms with Crippen molar-refractivity contribution in [1.82, 2.24) is 0 Å². The highest BCUT2D eigenvalue weighted by atomic mass is 32.2. The summed E-state index contributed by atoms with van der Waals surface area (Å²) >= 11 is 1.12. The van der Waals surface area contributed by atoms with Crippen LogP contribution in [0.25, 0.3) is 0 Å². The lowest BCUT2D eigenvalue weighted by Crippen LogP contribution is -2.41. The molecule has 1 unspecified atom stereocenters. The summed E-state index contributed by atoms with van der Waals surface area (Å²) in [5.41, 5.74) is 3.67. The number of benzene rings is 3. The number of amides is 1. The highest BCUT2D eigenvalue weighted by Gasteiger charge is 2.28. The first kappa shape index (κ1) is 27.0. The highest BCUT2D eigenvalue weighted by molar-refractivity contribution is 8.13. The van der Waals surface area contributed by atoms with Gasteiger partial charge < -0.3 is 14.7 Å². The molecule has 0 fully saturated rings. The van der Waals surface area contributed by atoms with Gasteiger partial charge >= 0.3 is 5.97 Å². The van der Waals surface area contributed by atoms with E-state index in [9.17, 15) is 19.5 Å². The number of aromatic hydroxyl groups is 1. The number of thioether (sulfide) groups is 1. The summed E-state index contributed by atoms with van der Waals surface area (Å²) in [6, 6.07) is 24.3. The van der Waals surface area contributed by atoms with E-state index in [-0.39, 0.29) is 23.3 Å². The van der Waals surface area contributed by atoms with E-state index in [1.807, 2.05) is 60.7 Å². The molecule has 36 heavy (non-hydrogen) atoms. The monoisotopic (exact) mass is 505 g/mol. The van der Waals surface area contributed by atoms with Gasteiger partial charge in [-0.05, 0) is 60.2 Å². The largest absolute Gasteiger partial charge is 0.508 e. The van der Waals surface area contributed by atoms with Gasteiger partial charge in [-0.2, -0.15) is 0 Å². The van der Waals surface area contributed by atoms with Crippen LogP contribution in [0.15, 0.2) is 78.9 Å². The number of methoxy groups -OCH3 is 1. The predicted octanol–water partition coefficient (Wildman–Crippen LogP) is 5.02. The van der Waals surface area contributed by atoms with Crippen LogP contribution in [0.1, 0.15) is 30.0 Å². The molecule has 0 radical (unpaired) electrons. The number of phenols is 1. The third-order valence-corrected chi connectivity index (χ3v) is 6.78. The first-order valence-electron chi connectivity index (χ1n) is 11.8. The lowest BCUT2D eigenvalue weighted by molar-refractivity contribution is -0.140. The number of anilines is 1. The number of ether oxygens (including phenoxy) is 1. The lowest BCUT2D eigenvalue weighted by atomic mass is 9.98. The van der Waals surface area contributed by atoms with Crippen LogP contribution in [-0.4, -0.2) is 41.5 Å². The molecule has 1 amide bonds. The molecule has 1 N–H and O–H groups in total. The van der Waals surface area contributed by atoms with Crippen molar-refractivity contribution in [1.29, 1.82) is 0 Å². The Bertz CT molecular complexity index is 1160. The number of esters is 1. The summed E-state index contributed by atoms with van der Waals surface area (Å²) in [4.78, 5) is 39.2. The first-order chi connectivity index (χ1) is 17.4. The molecule has 0 aliphatic rings. The minimum Gasteiger partial charge on any atom is -0.508 e. The number of aryl methyl sites for hydroxylation is 1. The minimum atomic E-state index is -0.520. The standard InChI is InChI=1S/C29H31NO5S/c1-21(31)36-20-25(14-11-22-7-4-3-5-8-22)29(34)30(19-28(33)35-2)26-10-6-9-24(18-26)17-23-12-15-27(32)16-13-23/h3-10,12-13,15-16,18,25,32H,11,14,17,19-20H2,1-2H3. The summed E-state index contributed by atoms with van der Waals surface area (Å²) in [6.45, 7) is 1.27. The fourth-order valence-electron chi connectivity index (χ4n) is 3.88. The van der Waals surface area contributed by atoms with Crippen molar-refractivity contribution in [2.45, 2.75) is 26.2 Å². The molecule has 0 aliphatic heterocycles. The Morgan fingerprint density at radius 3 is 2.28 bits per heavy atom. The zero-order valence-electron chi connectivity index (χ0n) is 20.6. The fourth-order valence-corrected chi connectivity index (χ4v) is 4.62. The summed E-state index contributed by atoms with van der Waals surface area (Å²) in [5.74, 6) is -0.650. The molecule has 0 aliphatic carbocycles. The Hall–Kier alpha value is -3.58. The van der Waals surface area contributed by atoms with Gasteiger partial charge in [0.25, 0.3) is 0 Å². The van der Waals surface area contributed by atoms with E-state index in [2.05, 4.69) is 0 Å². The third-order valence-electron chi connectivity index (χ3n) is 5.81.